The van der Waals surface area contributed by atoms with Crippen molar-refractivity contribution in [3.8, 4) is 5.69 Å². The van der Waals surface area contributed by atoms with Gasteiger partial charge in [0.2, 0.25) is 0 Å². The molecule has 4 N–H and O–H groups in total. The molecule has 104 valence electrons. The number of nitrogens with two attached hydrogens (primary N) is 2. The average molecular weight is 296 g/mol. The van der Waals surface area contributed by atoms with Crippen molar-refractivity contribution in [3.05, 3.63) is 59.9 Å². The van der Waals surface area contributed by atoms with Crippen LogP contribution in [0.4, 0.5) is 0 Å². The molecule has 0 atom stereocenters. The van der Waals surface area contributed by atoms with Gasteiger partial charge in [-0.1, -0.05) is 36.5 Å². The van der Waals surface area contributed by atoms with Crippen LogP contribution in [0.5, 0.6) is 0 Å². The molecule has 21 heavy (non-hydrogen) atoms. The van der Waals surface area contributed by atoms with Crippen LogP contribution in [0.25, 0.3) is 16.5 Å². The Labute approximate surface area is 126 Å². The Kier molecular flexibility index (Phi) is 3.15. The molecule has 0 saturated heterocycles. The molecular formula is C15H12N4OS. The molecule has 0 aliphatic rings. The van der Waals surface area contributed by atoms with Crippen LogP contribution in [0, 0.1) is 0 Å². The number of rotatable bonds is 3. The van der Waals surface area contributed by atoms with E-state index in [1.165, 1.54) is 0 Å². The molecule has 5 nitrogen and oxygen atoms in total. The van der Waals surface area contributed by atoms with Gasteiger partial charge < -0.3 is 11.5 Å². The quantitative estimate of drug-likeness (QED) is 0.721. The van der Waals surface area contributed by atoms with E-state index >= 15 is 0 Å². The van der Waals surface area contributed by atoms with Crippen molar-refractivity contribution in [2.24, 2.45) is 11.5 Å². The van der Waals surface area contributed by atoms with Crippen molar-refractivity contribution in [3.63, 3.8) is 0 Å². The largest absolute Gasteiger partial charge is 0.389 e. The maximum atomic E-state index is 11.2. The highest BCUT2D eigenvalue weighted by Crippen LogP contribution is 2.25. The van der Waals surface area contributed by atoms with Crippen molar-refractivity contribution in [1.29, 1.82) is 0 Å². The molecular weight excluding hydrogens is 284 g/mol. The summed E-state index contributed by atoms with van der Waals surface area (Å²) in [6, 6.07) is 13.1. The highest BCUT2D eigenvalue weighted by Gasteiger charge is 2.11. The Bertz CT molecular complexity index is 869. The zero-order valence-corrected chi connectivity index (χ0v) is 11.8. The summed E-state index contributed by atoms with van der Waals surface area (Å²) in [7, 11) is 0. The Balaban J connectivity index is 2.26. The molecule has 0 aliphatic heterocycles. The second-order valence-corrected chi connectivity index (χ2v) is 4.99. The number of carbonyl (C=O) groups is 1. The molecule has 0 unspecified atom stereocenters. The molecule has 3 rings (SSSR count). The topological polar surface area (TPSA) is 86.9 Å². The summed E-state index contributed by atoms with van der Waals surface area (Å²) in [4.78, 5) is 11.5. The molecule has 2 aromatic carbocycles. The number of hydrogen-bond acceptors (Lipinski definition) is 3. The SMILES string of the molecule is NC(=O)c1ccn(-c2ccc(C(N)=S)c3ccccc23)n1. The number of fused-ring (bicyclic) bond motifs is 1. The molecule has 1 amide bonds. The van der Waals surface area contributed by atoms with Crippen LogP contribution in [0.15, 0.2) is 48.7 Å². The number of hydrogen-bond donors (Lipinski definition) is 2. The monoisotopic (exact) mass is 296 g/mol. The Hall–Kier alpha value is -2.73. The summed E-state index contributed by atoms with van der Waals surface area (Å²) >= 11 is 5.08. The second-order valence-electron chi connectivity index (χ2n) is 4.55. The maximum Gasteiger partial charge on any atom is 0.269 e. The van der Waals surface area contributed by atoms with E-state index in [-0.39, 0.29) is 5.69 Å². The fourth-order valence-electron chi connectivity index (χ4n) is 2.29. The number of aromatic nitrogens is 2. The van der Waals surface area contributed by atoms with Crippen LogP contribution in [-0.2, 0) is 0 Å². The number of thiocarbonyl (C=S) groups is 1. The van der Waals surface area contributed by atoms with Gasteiger partial charge in [0.05, 0.1) is 5.69 Å². The van der Waals surface area contributed by atoms with Crippen molar-refractivity contribution in [2.75, 3.05) is 0 Å². The van der Waals surface area contributed by atoms with Crippen molar-refractivity contribution in [2.45, 2.75) is 0 Å². The molecule has 0 radical (unpaired) electrons. The maximum absolute atomic E-state index is 11.2. The summed E-state index contributed by atoms with van der Waals surface area (Å²) < 4.78 is 1.62. The fraction of sp³-hybridized carbons (Fsp3) is 0. The van der Waals surface area contributed by atoms with Gasteiger partial charge >= 0.3 is 0 Å². The Morgan fingerprint density at radius 2 is 1.76 bits per heavy atom. The zero-order chi connectivity index (χ0) is 15.0. The van der Waals surface area contributed by atoms with Gasteiger partial charge in [0.1, 0.15) is 10.7 Å². The first-order valence-corrected chi connectivity index (χ1v) is 6.66. The third-order valence-corrected chi connectivity index (χ3v) is 3.47. The summed E-state index contributed by atoms with van der Waals surface area (Å²) in [5.41, 5.74) is 12.9. The van der Waals surface area contributed by atoms with E-state index < -0.39 is 5.91 Å². The van der Waals surface area contributed by atoms with E-state index in [1.807, 2.05) is 36.4 Å². The van der Waals surface area contributed by atoms with Crippen LogP contribution in [0.3, 0.4) is 0 Å². The van der Waals surface area contributed by atoms with Crippen LogP contribution in [0.1, 0.15) is 16.1 Å². The first-order valence-electron chi connectivity index (χ1n) is 6.25. The van der Waals surface area contributed by atoms with Gasteiger partial charge in [0.15, 0.2) is 0 Å². The van der Waals surface area contributed by atoms with E-state index in [9.17, 15) is 4.79 Å². The van der Waals surface area contributed by atoms with Gasteiger partial charge in [-0.15, -0.1) is 0 Å². The Morgan fingerprint density at radius 3 is 2.38 bits per heavy atom. The molecule has 0 saturated carbocycles. The molecule has 1 aromatic heterocycles. The summed E-state index contributed by atoms with van der Waals surface area (Å²) in [5, 5.41) is 6.07. The highest BCUT2D eigenvalue weighted by atomic mass is 32.1. The first-order chi connectivity index (χ1) is 10.1. The third kappa shape index (κ3) is 2.25. The number of carbonyl (C=O) groups excluding carboxylic acids is 1. The van der Waals surface area contributed by atoms with E-state index in [1.54, 1.807) is 16.9 Å². The fourth-order valence-corrected chi connectivity index (χ4v) is 2.47. The van der Waals surface area contributed by atoms with Gasteiger partial charge in [0.25, 0.3) is 5.91 Å². The van der Waals surface area contributed by atoms with E-state index in [0.717, 1.165) is 22.0 Å². The molecule has 1 heterocycles. The minimum atomic E-state index is -0.558. The molecule has 6 heteroatoms. The third-order valence-electron chi connectivity index (χ3n) is 3.25. The number of nitrogens with zero attached hydrogens (tertiary/aromatic N) is 2. The van der Waals surface area contributed by atoms with Crippen LogP contribution >= 0.6 is 12.2 Å². The number of amides is 1. The number of benzene rings is 2. The standard InChI is InChI=1S/C15H12N4OS/c16-14(20)12-7-8-19(18-12)13-6-5-11(15(17)21)9-3-1-2-4-10(9)13/h1-8H,(H2,16,20)(H2,17,21). The molecule has 0 spiro atoms. The van der Waals surface area contributed by atoms with Crippen LogP contribution in [-0.4, -0.2) is 20.7 Å². The predicted molar refractivity (Wildman–Crippen MR) is 85.5 cm³/mol. The van der Waals surface area contributed by atoms with E-state index in [0.29, 0.717) is 4.99 Å². The summed E-state index contributed by atoms with van der Waals surface area (Å²) in [6.07, 6.45) is 1.70. The number of primary amides is 1. The van der Waals surface area contributed by atoms with Crippen molar-refractivity contribution >= 4 is 33.9 Å². The Morgan fingerprint density at radius 1 is 1.05 bits per heavy atom. The molecule has 0 bridgehead atoms. The first kappa shape index (κ1) is 13.3. The summed E-state index contributed by atoms with van der Waals surface area (Å²) in [5.74, 6) is -0.558. The van der Waals surface area contributed by atoms with Crippen LogP contribution < -0.4 is 11.5 Å². The molecule has 0 fully saturated rings. The lowest BCUT2D eigenvalue weighted by molar-refractivity contribution is 0.0995. The minimum Gasteiger partial charge on any atom is -0.389 e. The predicted octanol–water partition coefficient (Wildman–Crippen LogP) is 1.76. The normalized spacial score (nSPS) is 10.7. The van der Waals surface area contributed by atoms with Gasteiger partial charge in [-0.2, -0.15) is 5.10 Å². The molecule has 3 aromatic rings. The van der Waals surface area contributed by atoms with E-state index in [4.69, 9.17) is 23.7 Å². The van der Waals surface area contributed by atoms with Gasteiger partial charge in [-0.3, -0.25) is 4.79 Å². The van der Waals surface area contributed by atoms with Gasteiger partial charge in [0, 0.05) is 17.1 Å². The minimum absolute atomic E-state index is 0.220. The smallest absolute Gasteiger partial charge is 0.269 e. The molecule has 0 aliphatic carbocycles. The lowest BCUT2D eigenvalue weighted by atomic mass is 10.0. The second kappa shape index (κ2) is 4.99. The van der Waals surface area contributed by atoms with E-state index in [2.05, 4.69) is 5.10 Å². The average Bonchev–Trinajstić information content (AvgIpc) is 2.95. The van der Waals surface area contributed by atoms with Gasteiger partial charge in [-0.25, -0.2) is 4.68 Å². The van der Waals surface area contributed by atoms with Crippen molar-refractivity contribution < 1.29 is 4.79 Å². The van der Waals surface area contributed by atoms with Gasteiger partial charge in [-0.05, 0) is 23.6 Å². The lowest BCUT2D eigenvalue weighted by Gasteiger charge is -2.10. The highest BCUT2D eigenvalue weighted by molar-refractivity contribution is 7.80. The van der Waals surface area contributed by atoms with Crippen molar-refractivity contribution in [1.82, 2.24) is 9.78 Å². The summed E-state index contributed by atoms with van der Waals surface area (Å²) in [6.45, 7) is 0. The zero-order valence-electron chi connectivity index (χ0n) is 11.0. The lowest BCUT2D eigenvalue weighted by Crippen LogP contribution is -2.13. The van der Waals surface area contributed by atoms with Crippen LogP contribution in [0.2, 0.25) is 0 Å².